The first-order valence-electron chi connectivity index (χ1n) is 6.72. The summed E-state index contributed by atoms with van der Waals surface area (Å²) in [7, 11) is 0. The molecule has 1 amide bonds. The molecule has 2 N–H and O–H groups in total. The van der Waals surface area contributed by atoms with Crippen molar-refractivity contribution in [3.63, 3.8) is 0 Å². The van der Waals surface area contributed by atoms with Crippen LogP contribution in [0, 0.1) is 12.3 Å². The third-order valence-corrected chi connectivity index (χ3v) is 3.98. The van der Waals surface area contributed by atoms with Gasteiger partial charge in [0.2, 0.25) is 5.91 Å². The predicted octanol–water partition coefficient (Wildman–Crippen LogP) is 2.39. The van der Waals surface area contributed by atoms with Gasteiger partial charge in [-0.1, -0.05) is 0 Å². The molecule has 6 heteroatoms. The molecule has 1 aromatic rings. The summed E-state index contributed by atoms with van der Waals surface area (Å²) in [6.07, 6.45) is 2.44. The molecule has 0 aliphatic carbocycles. The lowest BCUT2D eigenvalue weighted by atomic mass is 9.90. The molecule has 0 saturated carbocycles. The van der Waals surface area contributed by atoms with E-state index in [9.17, 15) is 9.59 Å². The Kier molecular flexibility index (Phi) is 6.13. The van der Waals surface area contributed by atoms with Gasteiger partial charge in [-0.25, -0.2) is 4.98 Å². The molecule has 0 aliphatic rings. The number of aliphatic carboxylic acids is 1. The zero-order valence-electron chi connectivity index (χ0n) is 12.2. The number of thiazole rings is 1. The summed E-state index contributed by atoms with van der Waals surface area (Å²) in [6, 6.07) is 0. The van der Waals surface area contributed by atoms with Gasteiger partial charge in [-0.05, 0) is 40.0 Å². The number of carbonyl (C=O) groups excluding carboxylic acids is 1. The molecular weight excluding hydrogens is 276 g/mol. The second-order valence-corrected chi connectivity index (χ2v) is 6.56. The Bertz CT molecular complexity index is 469. The van der Waals surface area contributed by atoms with Gasteiger partial charge in [-0.3, -0.25) is 9.59 Å². The van der Waals surface area contributed by atoms with Crippen LogP contribution in [0.25, 0.3) is 0 Å². The quantitative estimate of drug-likeness (QED) is 0.772. The Morgan fingerprint density at radius 3 is 2.70 bits per heavy atom. The molecule has 20 heavy (non-hydrogen) atoms. The SMILES string of the molecule is Cc1nc(CCCC(=O)NCCC(C)(C)C(=O)O)cs1. The molecule has 1 aromatic heterocycles. The average molecular weight is 298 g/mol. The Morgan fingerprint density at radius 1 is 1.45 bits per heavy atom. The molecule has 0 saturated heterocycles. The largest absolute Gasteiger partial charge is 0.481 e. The molecule has 1 rings (SSSR count). The van der Waals surface area contributed by atoms with Crippen molar-refractivity contribution in [2.75, 3.05) is 6.54 Å². The van der Waals surface area contributed by atoms with Crippen molar-refractivity contribution in [3.05, 3.63) is 16.1 Å². The number of carboxylic acid groups (broad SMARTS) is 1. The zero-order valence-corrected chi connectivity index (χ0v) is 13.0. The third kappa shape index (κ3) is 5.69. The Labute approximate surface area is 123 Å². The van der Waals surface area contributed by atoms with Gasteiger partial charge >= 0.3 is 5.97 Å². The van der Waals surface area contributed by atoms with Crippen molar-refractivity contribution in [1.29, 1.82) is 0 Å². The van der Waals surface area contributed by atoms with Gasteiger partial charge in [-0.15, -0.1) is 11.3 Å². The first-order chi connectivity index (χ1) is 9.31. The highest BCUT2D eigenvalue weighted by Crippen LogP contribution is 2.19. The maximum Gasteiger partial charge on any atom is 0.309 e. The van der Waals surface area contributed by atoms with E-state index in [0.29, 0.717) is 19.4 Å². The number of aryl methyl sites for hydroxylation is 2. The zero-order chi connectivity index (χ0) is 15.2. The minimum Gasteiger partial charge on any atom is -0.481 e. The van der Waals surface area contributed by atoms with Crippen LogP contribution in [0.5, 0.6) is 0 Å². The van der Waals surface area contributed by atoms with E-state index in [1.54, 1.807) is 25.2 Å². The number of nitrogens with one attached hydrogen (secondary N) is 1. The Balaban J connectivity index is 2.16. The molecule has 112 valence electrons. The van der Waals surface area contributed by atoms with Crippen LogP contribution in [0.15, 0.2) is 5.38 Å². The number of rotatable bonds is 8. The lowest BCUT2D eigenvalue weighted by Crippen LogP contribution is -2.31. The number of hydrogen-bond acceptors (Lipinski definition) is 4. The van der Waals surface area contributed by atoms with E-state index in [1.165, 1.54) is 0 Å². The lowest BCUT2D eigenvalue weighted by Gasteiger charge is -2.18. The van der Waals surface area contributed by atoms with Crippen LogP contribution >= 0.6 is 11.3 Å². The monoisotopic (exact) mass is 298 g/mol. The number of amides is 1. The number of nitrogens with zero attached hydrogens (tertiary/aromatic N) is 1. The number of carboxylic acids is 1. The predicted molar refractivity (Wildman–Crippen MR) is 78.8 cm³/mol. The highest BCUT2D eigenvalue weighted by Gasteiger charge is 2.26. The molecule has 0 bridgehead atoms. The van der Waals surface area contributed by atoms with Crippen LogP contribution in [0.4, 0.5) is 0 Å². The molecule has 5 nitrogen and oxygen atoms in total. The molecule has 0 spiro atoms. The van der Waals surface area contributed by atoms with Crippen LogP contribution in [0.1, 0.15) is 43.8 Å². The van der Waals surface area contributed by atoms with Gasteiger partial charge in [0.25, 0.3) is 0 Å². The minimum absolute atomic E-state index is 0.0295. The van der Waals surface area contributed by atoms with Gasteiger partial charge in [0.05, 0.1) is 16.1 Å². The summed E-state index contributed by atoms with van der Waals surface area (Å²) in [5, 5.41) is 14.8. The standard InChI is InChI=1S/C14H22N2O3S/c1-10-16-11(9-20-10)5-4-6-12(17)15-8-7-14(2,3)13(18)19/h9H,4-8H2,1-3H3,(H,15,17)(H,18,19). The second kappa shape index (κ2) is 7.38. The summed E-state index contributed by atoms with van der Waals surface area (Å²) >= 11 is 1.62. The van der Waals surface area contributed by atoms with E-state index in [0.717, 1.165) is 23.5 Å². The fourth-order valence-electron chi connectivity index (χ4n) is 1.66. The summed E-state index contributed by atoms with van der Waals surface area (Å²) in [5.74, 6) is -0.871. The topological polar surface area (TPSA) is 79.3 Å². The minimum atomic E-state index is -0.842. The molecule has 0 fully saturated rings. The number of hydrogen-bond donors (Lipinski definition) is 2. The van der Waals surface area contributed by atoms with Crippen LogP contribution in [-0.4, -0.2) is 28.5 Å². The highest BCUT2D eigenvalue weighted by atomic mass is 32.1. The maximum atomic E-state index is 11.6. The molecule has 0 aromatic carbocycles. The maximum absolute atomic E-state index is 11.6. The Hall–Kier alpha value is -1.43. The fraction of sp³-hybridized carbons (Fsp3) is 0.643. The van der Waals surface area contributed by atoms with Gasteiger partial charge < -0.3 is 10.4 Å². The molecule has 1 heterocycles. The van der Waals surface area contributed by atoms with Gasteiger partial charge in [0.15, 0.2) is 0 Å². The van der Waals surface area contributed by atoms with Gasteiger partial charge in [0, 0.05) is 18.3 Å². The summed E-state index contributed by atoms with van der Waals surface area (Å²) in [4.78, 5) is 26.9. The lowest BCUT2D eigenvalue weighted by molar-refractivity contribution is -0.147. The van der Waals surface area contributed by atoms with E-state index in [2.05, 4.69) is 10.3 Å². The van der Waals surface area contributed by atoms with E-state index in [4.69, 9.17) is 5.11 Å². The molecular formula is C14H22N2O3S. The van der Waals surface area contributed by atoms with Crippen LogP contribution in [-0.2, 0) is 16.0 Å². The van der Waals surface area contributed by atoms with E-state index < -0.39 is 11.4 Å². The van der Waals surface area contributed by atoms with Gasteiger partial charge in [0.1, 0.15) is 0 Å². The average Bonchev–Trinajstić information content (AvgIpc) is 2.74. The van der Waals surface area contributed by atoms with Crippen LogP contribution in [0.3, 0.4) is 0 Å². The normalized spacial score (nSPS) is 11.3. The summed E-state index contributed by atoms with van der Waals surface area (Å²) < 4.78 is 0. The van der Waals surface area contributed by atoms with Crippen LogP contribution < -0.4 is 5.32 Å². The first kappa shape index (κ1) is 16.6. The first-order valence-corrected chi connectivity index (χ1v) is 7.60. The highest BCUT2D eigenvalue weighted by molar-refractivity contribution is 7.09. The van der Waals surface area contributed by atoms with E-state index >= 15 is 0 Å². The molecule has 0 radical (unpaired) electrons. The van der Waals surface area contributed by atoms with Crippen molar-refractivity contribution in [2.45, 2.75) is 46.5 Å². The van der Waals surface area contributed by atoms with E-state index in [-0.39, 0.29) is 5.91 Å². The Morgan fingerprint density at radius 2 is 2.15 bits per heavy atom. The molecule has 0 unspecified atom stereocenters. The fourth-order valence-corrected chi connectivity index (χ4v) is 2.31. The molecule has 0 aliphatic heterocycles. The third-order valence-electron chi connectivity index (χ3n) is 3.15. The second-order valence-electron chi connectivity index (χ2n) is 5.50. The summed E-state index contributed by atoms with van der Waals surface area (Å²) in [6.45, 7) is 5.68. The van der Waals surface area contributed by atoms with Crippen molar-refractivity contribution in [1.82, 2.24) is 10.3 Å². The number of carbonyl (C=O) groups is 2. The van der Waals surface area contributed by atoms with Crippen molar-refractivity contribution < 1.29 is 14.7 Å². The van der Waals surface area contributed by atoms with Crippen molar-refractivity contribution in [2.24, 2.45) is 5.41 Å². The smallest absolute Gasteiger partial charge is 0.309 e. The van der Waals surface area contributed by atoms with Gasteiger partial charge in [-0.2, -0.15) is 0 Å². The summed E-state index contributed by atoms with van der Waals surface area (Å²) in [5.41, 5.74) is 0.234. The van der Waals surface area contributed by atoms with Crippen LogP contribution in [0.2, 0.25) is 0 Å². The number of aromatic nitrogens is 1. The van der Waals surface area contributed by atoms with Crippen molar-refractivity contribution in [3.8, 4) is 0 Å². The van der Waals surface area contributed by atoms with E-state index in [1.807, 2.05) is 12.3 Å². The molecule has 0 atom stereocenters. The van der Waals surface area contributed by atoms with Crippen molar-refractivity contribution >= 4 is 23.2 Å².